The minimum absolute atomic E-state index is 0.00343. The zero-order valence-electron chi connectivity index (χ0n) is 11.3. The van der Waals surface area contributed by atoms with Gasteiger partial charge in [0.2, 0.25) is 0 Å². The monoisotopic (exact) mass is 269 g/mol. The van der Waals surface area contributed by atoms with E-state index in [2.05, 4.69) is 13.8 Å². The molecule has 0 fully saturated rings. The lowest BCUT2D eigenvalue weighted by molar-refractivity contribution is 0.275. The van der Waals surface area contributed by atoms with E-state index < -0.39 is 0 Å². The number of hydrogen-bond acceptors (Lipinski definition) is 4. The molecule has 18 heavy (non-hydrogen) atoms. The number of benzene rings is 1. The largest absolute Gasteiger partial charge is 0.496 e. The van der Waals surface area contributed by atoms with Gasteiger partial charge in [0.25, 0.3) is 0 Å². The molecule has 0 aliphatic carbocycles. The molecule has 0 saturated heterocycles. The second-order valence-corrected chi connectivity index (χ2v) is 6.06. The molecule has 4 heteroatoms. The summed E-state index contributed by atoms with van der Waals surface area (Å²) >= 11 is 1.59. The Labute approximate surface area is 114 Å². The maximum Gasteiger partial charge on any atom is 0.132 e. The Morgan fingerprint density at radius 3 is 2.56 bits per heavy atom. The Morgan fingerprint density at radius 1 is 1.33 bits per heavy atom. The molecule has 1 aromatic rings. The molecule has 3 nitrogen and oxygen atoms in total. The summed E-state index contributed by atoms with van der Waals surface area (Å²) in [7, 11) is 1.65. The highest BCUT2D eigenvalue weighted by Crippen LogP contribution is 2.33. The lowest BCUT2D eigenvalue weighted by atomic mass is 10.0. The normalized spacial score (nSPS) is 14.6. The van der Waals surface area contributed by atoms with Gasteiger partial charge in [0.15, 0.2) is 0 Å². The van der Waals surface area contributed by atoms with Gasteiger partial charge in [-0.1, -0.05) is 26.0 Å². The van der Waals surface area contributed by atoms with Gasteiger partial charge in [-0.15, -0.1) is 11.8 Å². The summed E-state index contributed by atoms with van der Waals surface area (Å²) in [6.45, 7) is 4.36. The number of rotatable bonds is 7. The van der Waals surface area contributed by atoms with E-state index in [1.54, 1.807) is 18.9 Å². The van der Waals surface area contributed by atoms with Crippen molar-refractivity contribution in [3.63, 3.8) is 0 Å². The molecule has 0 saturated carbocycles. The summed E-state index contributed by atoms with van der Waals surface area (Å²) in [4.78, 5) is 1.03. The second kappa shape index (κ2) is 7.67. The van der Waals surface area contributed by atoms with Crippen LogP contribution in [0.1, 0.15) is 20.3 Å². The smallest absolute Gasteiger partial charge is 0.132 e. The van der Waals surface area contributed by atoms with Crippen LogP contribution in [-0.2, 0) is 0 Å². The summed E-state index contributed by atoms with van der Waals surface area (Å²) in [5.74, 6) is 1.37. The fourth-order valence-electron chi connectivity index (χ4n) is 1.84. The predicted molar refractivity (Wildman–Crippen MR) is 77.2 cm³/mol. The van der Waals surface area contributed by atoms with Crippen molar-refractivity contribution in [3.05, 3.63) is 24.3 Å². The molecule has 3 N–H and O–H groups in total. The predicted octanol–water partition coefficient (Wildman–Crippen LogP) is 2.52. The van der Waals surface area contributed by atoms with Gasteiger partial charge in [-0.3, -0.25) is 0 Å². The first-order valence-electron chi connectivity index (χ1n) is 6.24. The van der Waals surface area contributed by atoms with Gasteiger partial charge in [0, 0.05) is 16.2 Å². The number of hydrogen-bond donors (Lipinski definition) is 2. The molecule has 0 radical (unpaired) electrons. The van der Waals surface area contributed by atoms with Gasteiger partial charge in [0.1, 0.15) is 5.75 Å². The highest BCUT2D eigenvalue weighted by molar-refractivity contribution is 8.00. The fourth-order valence-corrected chi connectivity index (χ4v) is 2.95. The van der Waals surface area contributed by atoms with Crippen LogP contribution in [0.2, 0.25) is 0 Å². The van der Waals surface area contributed by atoms with Crippen LogP contribution in [0.5, 0.6) is 5.75 Å². The highest BCUT2D eigenvalue weighted by atomic mass is 32.2. The first kappa shape index (κ1) is 15.3. The van der Waals surface area contributed by atoms with E-state index in [0.717, 1.165) is 17.1 Å². The molecule has 102 valence electrons. The van der Waals surface area contributed by atoms with E-state index in [9.17, 15) is 5.11 Å². The Morgan fingerprint density at radius 2 is 2.00 bits per heavy atom. The molecule has 2 unspecified atom stereocenters. The quantitative estimate of drug-likeness (QED) is 0.747. The lowest BCUT2D eigenvalue weighted by Crippen LogP contribution is -2.36. The third-order valence-corrected chi connectivity index (χ3v) is 4.14. The molecule has 0 aliphatic heterocycles. The van der Waals surface area contributed by atoms with E-state index in [1.165, 1.54) is 0 Å². The molecule has 0 bridgehead atoms. The maximum atomic E-state index is 9.49. The summed E-state index contributed by atoms with van der Waals surface area (Å²) in [5, 5.41) is 9.50. The fraction of sp³-hybridized carbons (Fsp3) is 0.571. The third-order valence-electron chi connectivity index (χ3n) is 2.75. The average molecular weight is 269 g/mol. The lowest BCUT2D eigenvalue weighted by Gasteiger charge is -2.23. The Hall–Kier alpha value is -0.710. The Balaban J connectivity index is 2.73. The Kier molecular flexibility index (Phi) is 6.54. The van der Waals surface area contributed by atoms with Gasteiger partial charge < -0.3 is 15.6 Å². The molecule has 0 aromatic heterocycles. The summed E-state index contributed by atoms with van der Waals surface area (Å²) in [6.07, 6.45) is 0.910. The van der Waals surface area contributed by atoms with Crippen molar-refractivity contribution in [2.75, 3.05) is 13.7 Å². The topological polar surface area (TPSA) is 55.5 Å². The highest BCUT2D eigenvalue weighted by Gasteiger charge is 2.20. The number of thioether (sulfide) groups is 1. The van der Waals surface area contributed by atoms with Crippen LogP contribution in [0.4, 0.5) is 0 Å². The van der Waals surface area contributed by atoms with Crippen molar-refractivity contribution >= 4 is 11.8 Å². The van der Waals surface area contributed by atoms with E-state index in [0.29, 0.717) is 5.92 Å². The van der Waals surface area contributed by atoms with Crippen LogP contribution < -0.4 is 10.5 Å². The van der Waals surface area contributed by atoms with Crippen LogP contribution in [0.15, 0.2) is 29.2 Å². The number of aliphatic hydroxyl groups excluding tert-OH is 1. The summed E-state index contributed by atoms with van der Waals surface area (Å²) in [5.41, 5.74) is 6.15. The van der Waals surface area contributed by atoms with Crippen molar-refractivity contribution in [2.24, 2.45) is 11.7 Å². The van der Waals surface area contributed by atoms with Crippen molar-refractivity contribution in [1.82, 2.24) is 0 Å². The average Bonchev–Trinajstić information content (AvgIpc) is 2.35. The number of methoxy groups -OCH3 is 1. The van der Waals surface area contributed by atoms with Crippen LogP contribution in [-0.4, -0.2) is 30.1 Å². The van der Waals surface area contributed by atoms with E-state index in [4.69, 9.17) is 10.5 Å². The van der Waals surface area contributed by atoms with Gasteiger partial charge in [-0.05, 0) is 24.5 Å². The molecule has 0 heterocycles. The first-order valence-corrected chi connectivity index (χ1v) is 7.12. The molecular formula is C14H23NO2S. The summed E-state index contributed by atoms with van der Waals surface area (Å²) in [6, 6.07) is 7.81. The molecule has 1 rings (SSSR count). The van der Waals surface area contributed by atoms with Crippen LogP contribution in [0.25, 0.3) is 0 Å². The molecule has 0 amide bonds. The van der Waals surface area contributed by atoms with Crippen molar-refractivity contribution < 1.29 is 9.84 Å². The van der Waals surface area contributed by atoms with E-state index in [-0.39, 0.29) is 17.9 Å². The molecule has 0 aliphatic rings. The molecule has 0 spiro atoms. The zero-order chi connectivity index (χ0) is 13.5. The number of nitrogens with two attached hydrogens (primary N) is 1. The van der Waals surface area contributed by atoms with Crippen LogP contribution >= 0.6 is 11.8 Å². The van der Waals surface area contributed by atoms with Gasteiger partial charge in [-0.25, -0.2) is 0 Å². The molecule has 1 aromatic carbocycles. The van der Waals surface area contributed by atoms with Crippen molar-refractivity contribution in [3.8, 4) is 5.75 Å². The van der Waals surface area contributed by atoms with Gasteiger partial charge in [0.05, 0.1) is 13.7 Å². The number of ether oxygens (including phenoxy) is 1. The van der Waals surface area contributed by atoms with Crippen LogP contribution in [0, 0.1) is 5.92 Å². The number of aliphatic hydroxyl groups is 1. The van der Waals surface area contributed by atoms with Crippen molar-refractivity contribution in [2.45, 2.75) is 36.5 Å². The second-order valence-electron chi connectivity index (χ2n) is 4.78. The summed E-state index contributed by atoms with van der Waals surface area (Å²) < 4.78 is 5.31. The SMILES string of the molecule is COc1ccccc1SC(CO)C(N)CC(C)C. The zero-order valence-corrected chi connectivity index (χ0v) is 12.1. The molecule has 2 atom stereocenters. The minimum atomic E-state index is -0.00934. The first-order chi connectivity index (χ1) is 8.58. The van der Waals surface area contributed by atoms with Gasteiger partial charge in [-0.2, -0.15) is 0 Å². The van der Waals surface area contributed by atoms with Crippen LogP contribution in [0.3, 0.4) is 0 Å². The molecular weight excluding hydrogens is 246 g/mol. The minimum Gasteiger partial charge on any atom is -0.496 e. The standard InChI is InChI=1S/C14H23NO2S/c1-10(2)8-11(15)14(9-16)18-13-7-5-4-6-12(13)17-3/h4-7,10-11,14,16H,8-9,15H2,1-3H3. The number of para-hydroxylation sites is 1. The van der Waals surface area contributed by atoms with E-state index in [1.807, 2.05) is 24.3 Å². The maximum absolute atomic E-state index is 9.49. The van der Waals surface area contributed by atoms with Gasteiger partial charge >= 0.3 is 0 Å². The third kappa shape index (κ3) is 4.52. The van der Waals surface area contributed by atoms with E-state index >= 15 is 0 Å². The Bertz CT molecular complexity index is 357. The van der Waals surface area contributed by atoms with Crippen molar-refractivity contribution in [1.29, 1.82) is 0 Å².